The molecule has 3 aromatic carbocycles. The molecule has 3 aromatic rings. The average molecular weight is 611 g/mol. The summed E-state index contributed by atoms with van der Waals surface area (Å²) >= 11 is 12.8. The Kier molecular flexibility index (Phi) is 7.62. The molecule has 2 aliphatic heterocycles. The topological polar surface area (TPSA) is 96.5 Å². The van der Waals surface area contributed by atoms with Crippen molar-refractivity contribution >= 4 is 46.6 Å². The van der Waals surface area contributed by atoms with Crippen LogP contribution in [0.5, 0.6) is 5.75 Å². The van der Waals surface area contributed by atoms with E-state index in [2.05, 4.69) is 16.0 Å². The molecule has 1 saturated carbocycles. The Morgan fingerprint density at radius 3 is 2.57 bits per heavy atom. The van der Waals surface area contributed by atoms with E-state index in [4.69, 9.17) is 27.9 Å². The van der Waals surface area contributed by atoms with E-state index in [9.17, 15) is 18.8 Å². The van der Waals surface area contributed by atoms with Gasteiger partial charge in [0.25, 0.3) is 0 Å². The van der Waals surface area contributed by atoms with Crippen LogP contribution in [0, 0.1) is 18.7 Å². The molecule has 218 valence electrons. The van der Waals surface area contributed by atoms with E-state index in [-0.39, 0.29) is 36.7 Å². The molecular weight excluding hydrogens is 580 g/mol. The third-order valence-corrected chi connectivity index (χ3v) is 9.26. The SMILES string of the molecule is Cc1ccc(F)cc1[C@@H]1NC(=O)C[C@H](c2cc(Cl)ccc2OCCNC(=O)C2CCC2)[C@@]12C(=O)Nc1cc(Cl)ccc12. The van der Waals surface area contributed by atoms with Crippen molar-refractivity contribution in [1.82, 2.24) is 10.6 Å². The smallest absolute Gasteiger partial charge is 0.238 e. The molecule has 2 fully saturated rings. The first-order valence-corrected chi connectivity index (χ1v) is 14.8. The Hall–Kier alpha value is -3.62. The molecular formula is C32H30Cl2FN3O4. The van der Waals surface area contributed by atoms with E-state index in [1.807, 2.05) is 6.92 Å². The minimum Gasteiger partial charge on any atom is -0.491 e. The van der Waals surface area contributed by atoms with Crippen LogP contribution in [0.3, 0.4) is 0 Å². The number of hydrogen-bond acceptors (Lipinski definition) is 4. The normalized spacial score (nSPS) is 23.1. The fourth-order valence-electron chi connectivity index (χ4n) is 6.52. The van der Waals surface area contributed by atoms with Gasteiger partial charge in [0.05, 0.1) is 12.6 Å². The molecule has 1 spiro atoms. The van der Waals surface area contributed by atoms with Crippen LogP contribution in [0.2, 0.25) is 10.0 Å². The van der Waals surface area contributed by atoms with Gasteiger partial charge in [-0.1, -0.05) is 41.8 Å². The van der Waals surface area contributed by atoms with E-state index >= 15 is 0 Å². The van der Waals surface area contributed by atoms with Crippen molar-refractivity contribution in [3.05, 3.63) is 92.7 Å². The molecule has 6 rings (SSSR count). The highest BCUT2D eigenvalue weighted by atomic mass is 35.5. The summed E-state index contributed by atoms with van der Waals surface area (Å²) in [6.07, 6.45) is 2.83. The van der Waals surface area contributed by atoms with Crippen LogP contribution in [-0.2, 0) is 19.8 Å². The number of nitrogens with one attached hydrogen (secondary N) is 3. The zero-order valence-corrected chi connectivity index (χ0v) is 24.4. The number of ether oxygens (including phenoxy) is 1. The fraction of sp³-hybridized carbons (Fsp3) is 0.344. The van der Waals surface area contributed by atoms with Gasteiger partial charge in [-0.05, 0) is 78.9 Å². The molecule has 7 nitrogen and oxygen atoms in total. The molecule has 1 aliphatic carbocycles. The molecule has 10 heteroatoms. The minimum atomic E-state index is -1.38. The lowest BCUT2D eigenvalue weighted by Gasteiger charge is -2.47. The summed E-state index contributed by atoms with van der Waals surface area (Å²) in [5.74, 6) is -1.33. The number of carbonyl (C=O) groups is 3. The van der Waals surface area contributed by atoms with Crippen molar-refractivity contribution in [2.75, 3.05) is 18.5 Å². The highest BCUT2D eigenvalue weighted by Crippen LogP contribution is 2.59. The van der Waals surface area contributed by atoms with Crippen LogP contribution >= 0.6 is 23.2 Å². The van der Waals surface area contributed by atoms with Crippen LogP contribution in [0.1, 0.15) is 59.9 Å². The van der Waals surface area contributed by atoms with Gasteiger partial charge >= 0.3 is 0 Å². The Balaban J connectivity index is 1.45. The summed E-state index contributed by atoms with van der Waals surface area (Å²) in [4.78, 5) is 40.0. The summed E-state index contributed by atoms with van der Waals surface area (Å²) in [5, 5.41) is 9.77. The number of amides is 3. The highest BCUT2D eigenvalue weighted by Gasteiger charge is 2.61. The molecule has 0 bridgehead atoms. The first-order valence-electron chi connectivity index (χ1n) is 14.1. The number of fused-ring (bicyclic) bond motifs is 2. The molecule has 1 saturated heterocycles. The van der Waals surface area contributed by atoms with Crippen molar-refractivity contribution in [2.45, 2.75) is 50.0 Å². The number of anilines is 1. The molecule has 3 amide bonds. The number of halogens is 3. The largest absolute Gasteiger partial charge is 0.491 e. The number of carbonyl (C=O) groups excluding carboxylic acids is 3. The zero-order chi connectivity index (χ0) is 29.6. The third-order valence-electron chi connectivity index (χ3n) is 8.79. The average Bonchev–Trinajstić information content (AvgIpc) is 3.19. The molecule has 2 heterocycles. The number of piperidine rings is 1. The maximum absolute atomic E-state index is 14.7. The summed E-state index contributed by atoms with van der Waals surface area (Å²) < 4.78 is 20.8. The van der Waals surface area contributed by atoms with Crippen LogP contribution < -0.4 is 20.7 Å². The standard InChI is InChI=1S/C32H30Cl2FN3O4/c1-17-5-8-21(35)15-22(17)29-32(24-9-6-20(34)14-26(24)37-31(32)41)25(16-28(39)38-29)23-13-19(33)7-10-27(23)42-12-11-36-30(40)18-3-2-4-18/h5-10,13-15,18,25,29H,2-4,11-12,16H2,1H3,(H,36,40)(H,37,41)(H,38,39)/t25-,29+,32-/m1/s1. The van der Waals surface area contributed by atoms with Gasteiger partial charge in [0, 0.05) is 39.6 Å². The van der Waals surface area contributed by atoms with Gasteiger partial charge in [-0.2, -0.15) is 0 Å². The second-order valence-corrected chi connectivity index (χ2v) is 12.1. The van der Waals surface area contributed by atoms with Gasteiger partial charge in [-0.3, -0.25) is 14.4 Å². The van der Waals surface area contributed by atoms with E-state index in [1.165, 1.54) is 12.1 Å². The van der Waals surface area contributed by atoms with Gasteiger partial charge in [0.15, 0.2) is 0 Å². The Labute approximate surface area is 253 Å². The predicted octanol–water partition coefficient (Wildman–Crippen LogP) is 5.97. The molecule has 0 aromatic heterocycles. The van der Waals surface area contributed by atoms with Crippen LogP contribution in [-0.4, -0.2) is 30.9 Å². The lowest BCUT2D eigenvalue weighted by atomic mass is 9.59. The lowest BCUT2D eigenvalue weighted by Crippen LogP contribution is -2.57. The maximum atomic E-state index is 14.7. The van der Waals surface area contributed by atoms with Crippen molar-refractivity contribution in [3.8, 4) is 5.75 Å². The van der Waals surface area contributed by atoms with E-state index in [0.717, 1.165) is 24.8 Å². The number of aryl methyl sites for hydroxylation is 1. The molecule has 0 unspecified atom stereocenters. The molecule has 3 aliphatic rings. The first-order chi connectivity index (χ1) is 20.2. The summed E-state index contributed by atoms with van der Waals surface area (Å²) in [6.45, 7) is 2.31. The van der Waals surface area contributed by atoms with E-state index in [0.29, 0.717) is 44.7 Å². The van der Waals surface area contributed by atoms with Gasteiger partial charge in [0.2, 0.25) is 17.7 Å². The monoisotopic (exact) mass is 609 g/mol. The zero-order valence-electron chi connectivity index (χ0n) is 22.9. The van der Waals surface area contributed by atoms with Gasteiger partial charge < -0.3 is 20.7 Å². The van der Waals surface area contributed by atoms with Crippen LogP contribution in [0.25, 0.3) is 0 Å². The lowest BCUT2D eigenvalue weighted by molar-refractivity contribution is -0.131. The van der Waals surface area contributed by atoms with E-state index in [1.54, 1.807) is 42.5 Å². The summed E-state index contributed by atoms with van der Waals surface area (Å²) in [5.41, 5.74) is 1.56. The van der Waals surface area contributed by atoms with Crippen molar-refractivity contribution in [1.29, 1.82) is 0 Å². The second kappa shape index (κ2) is 11.2. The molecule has 3 atom stereocenters. The number of hydrogen-bond donors (Lipinski definition) is 3. The Morgan fingerprint density at radius 2 is 1.81 bits per heavy atom. The quantitative estimate of drug-likeness (QED) is 0.287. The predicted molar refractivity (Wildman–Crippen MR) is 158 cm³/mol. The van der Waals surface area contributed by atoms with Crippen LogP contribution in [0.15, 0.2) is 54.6 Å². The number of benzene rings is 3. The summed E-state index contributed by atoms with van der Waals surface area (Å²) in [7, 11) is 0. The molecule has 3 N–H and O–H groups in total. The van der Waals surface area contributed by atoms with E-state index < -0.39 is 23.2 Å². The van der Waals surface area contributed by atoms with Crippen molar-refractivity contribution in [3.63, 3.8) is 0 Å². The van der Waals surface area contributed by atoms with Gasteiger partial charge in [0.1, 0.15) is 23.6 Å². The second-order valence-electron chi connectivity index (χ2n) is 11.2. The first kappa shape index (κ1) is 28.5. The van der Waals surface area contributed by atoms with Crippen molar-refractivity contribution < 1.29 is 23.5 Å². The molecule has 42 heavy (non-hydrogen) atoms. The minimum absolute atomic E-state index is 0.0234. The maximum Gasteiger partial charge on any atom is 0.238 e. The highest BCUT2D eigenvalue weighted by molar-refractivity contribution is 6.31. The number of rotatable bonds is 7. The van der Waals surface area contributed by atoms with Gasteiger partial charge in [-0.25, -0.2) is 4.39 Å². The molecule has 0 radical (unpaired) electrons. The Morgan fingerprint density at radius 1 is 1.05 bits per heavy atom. The van der Waals surface area contributed by atoms with Crippen LogP contribution in [0.4, 0.5) is 10.1 Å². The van der Waals surface area contributed by atoms with Crippen molar-refractivity contribution in [2.24, 2.45) is 5.92 Å². The fourth-order valence-corrected chi connectivity index (χ4v) is 6.87. The Bertz CT molecular complexity index is 1590. The third kappa shape index (κ3) is 4.90. The van der Waals surface area contributed by atoms with Gasteiger partial charge in [-0.15, -0.1) is 0 Å². The summed E-state index contributed by atoms with van der Waals surface area (Å²) in [6, 6.07) is 13.7.